The molecule has 1 heterocycles. The highest BCUT2D eigenvalue weighted by Crippen LogP contribution is 2.28. The van der Waals surface area contributed by atoms with E-state index in [9.17, 15) is 13.2 Å². The minimum absolute atomic E-state index is 0.0329. The van der Waals surface area contributed by atoms with Crippen LogP contribution in [0.4, 0.5) is 0 Å². The SMILES string of the molecule is COCC(CNC(=O)c1cc(S(=O)(=O)Cl)c(C)s1)OC. The molecule has 0 aliphatic rings. The topological polar surface area (TPSA) is 81.7 Å². The van der Waals surface area contributed by atoms with Crippen LogP contribution in [0.15, 0.2) is 11.0 Å². The first kappa shape index (κ1) is 17.4. The summed E-state index contributed by atoms with van der Waals surface area (Å²) in [5.74, 6) is -0.372. The summed E-state index contributed by atoms with van der Waals surface area (Å²) in [5.41, 5.74) is 0. The van der Waals surface area contributed by atoms with Gasteiger partial charge < -0.3 is 14.8 Å². The fourth-order valence-electron chi connectivity index (χ4n) is 1.51. The van der Waals surface area contributed by atoms with Crippen LogP contribution in [0.25, 0.3) is 0 Å². The standard InChI is InChI=1S/C11H16ClNO5S2/c1-7-10(20(12,15)16)4-9(19-7)11(14)13-5-8(18-3)6-17-2/h4,8H,5-6H2,1-3H3,(H,13,14). The molecule has 1 rings (SSSR count). The molecule has 0 aliphatic heterocycles. The minimum Gasteiger partial charge on any atom is -0.382 e. The fourth-order valence-corrected chi connectivity index (χ4v) is 4.09. The molecule has 0 aromatic carbocycles. The summed E-state index contributed by atoms with van der Waals surface area (Å²) in [7, 11) is 4.50. The van der Waals surface area contributed by atoms with E-state index in [0.29, 0.717) is 11.5 Å². The van der Waals surface area contributed by atoms with E-state index in [2.05, 4.69) is 5.32 Å². The van der Waals surface area contributed by atoms with Crippen molar-refractivity contribution in [1.82, 2.24) is 5.32 Å². The third kappa shape index (κ3) is 4.71. The number of methoxy groups -OCH3 is 2. The van der Waals surface area contributed by atoms with E-state index in [1.807, 2.05) is 0 Å². The molecule has 0 spiro atoms. The summed E-state index contributed by atoms with van der Waals surface area (Å²) in [5, 5.41) is 2.66. The number of aryl methyl sites for hydroxylation is 1. The Kier molecular flexibility index (Phi) is 6.41. The van der Waals surface area contributed by atoms with E-state index in [1.54, 1.807) is 6.92 Å². The van der Waals surface area contributed by atoms with Gasteiger partial charge in [-0.15, -0.1) is 11.3 Å². The fraction of sp³-hybridized carbons (Fsp3) is 0.545. The Bertz CT molecular complexity index is 569. The maximum Gasteiger partial charge on any atom is 0.262 e. The molecule has 0 saturated carbocycles. The molecule has 1 amide bonds. The highest BCUT2D eigenvalue weighted by molar-refractivity contribution is 8.13. The number of hydrogen-bond donors (Lipinski definition) is 1. The molecule has 0 fully saturated rings. The number of halogens is 1. The zero-order chi connectivity index (χ0) is 15.3. The summed E-state index contributed by atoms with van der Waals surface area (Å²) < 4.78 is 32.6. The number of nitrogens with one attached hydrogen (secondary N) is 1. The third-order valence-corrected chi connectivity index (χ3v) is 5.16. The van der Waals surface area contributed by atoms with Crippen molar-refractivity contribution in [2.45, 2.75) is 17.9 Å². The van der Waals surface area contributed by atoms with Gasteiger partial charge in [0.05, 0.1) is 22.5 Å². The van der Waals surface area contributed by atoms with Crippen LogP contribution in [0.3, 0.4) is 0 Å². The van der Waals surface area contributed by atoms with E-state index >= 15 is 0 Å². The quantitative estimate of drug-likeness (QED) is 0.758. The van der Waals surface area contributed by atoms with Gasteiger partial charge in [-0.2, -0.15) is 0 Å². The largest absolute Gasteiger partial charge is 0.382 e. The van der Waals surface area contributed by atoms with Gasteiger partial charge in [-0.05, 0) is 13.0 Å². The average molecular weight is 342 g/mol. The molecule has 1 unspecified atom stereocenters. The molecule has 20 heavy (non-hydrogen) atoms. The second kappa shape index (κ2) is 7.37. The maximum absolute atomic E-state index is 11.9. The van der Waals surface area contributed by atoms with Crippen LogP contribution in [-0.2, 0) is 18.5 Å². The van der Waals surface area contributed by atoms with Gasteiger partial charge in [-0.3, -0.25) is 4.79 Å². The highest BCUT2D eigenvalue weighted by atomic mass is 35.7. The van der Waals surface area contributed by atoms with Crippen molar-refractivity contribution in [3.63, 3.8) is 0 Å². The molecule has 1 atom stereocenters. The molecule has 1 aromatic rings. The second-order valence-electron chi connectivity index (χ2n) is 3.99. The lowest BCUT2D eigenvalue weighted by molar-refractivity contribution is 0.0286. The molecule has 0 aliphatic carbocycles. The number of thiophene rings is 1. The predicted octanol–water partition coefficient (Wildman–Crippen LogP) is 1.38. The number of hydrogen-bond acceptors (Lipinski definition) is 6. The van der Waals surface area contributed by atoms with Gasteiger partial charge >= 0.3 is 0 Å². The van der Waals surface area contributed by atoms with Crippen molar-refractivity contribution in [2.24, 2.45) is 0 Å². The zero-order valence-electron chi connectivity index (χ0n) is 11.3. The Hall–Kier alpha value is -0.670. The zero-order valence-corrected chi connectivity index (χ0v) is 13.7. The molecule has 114 valence electrons. The van der Waals surface area contributed by atoms with Crippen molar-refractivity contribution in [2.75, 3.05) is 27.4 Å². The summed E-state index contributed by atoms with van der Waals surface area (Å²) >= 11 is 1.07. The van der Waals surface area contributed by atoms with E-state index < -0.39 is 9.05 Å². The first-order chi connectivity index (χ1) is 9.29. The average Bonchev–Trinajstić information content (AvgIpc) is 2.76. The first-order valence-electron chi connectivity index (χ1n) is 5.64. The maximum atomic E-state index is 11.9. The van der Waals surface area contributed by atoms with Gasteiger partial charge in [0.2, 0.25) is 0 Å². The van der Waals surface area contributed by atoms with Crippen molar-refractivity contribution >= 4 is 37.0 Å². The van der Waals surface area contributed by atoms with Crippen LogP contribution < -0.4 is 5.32 Å². The van der Waals surface area contributed by atoms with Gasteiger partial charge in [-0.25, -0.2) is 8.42 Å². The Labute approximate surface area is 126 Å². The Balaban J connectivity index is 2.74. The summed E-state index contributed by atoms with van der Waals surface area (Å²) in [6.45, 7) is 2.21. The number of amides is 1. The van der Waals surface area contributed by atoms with Crippen LogP contribution in [0.5, 0.6) is 0 Å². The van der Waals surface area contributed by atoms with Crippen molar-refractivity contribution in [3.05, 3.63) is 15.8 Å². The molecule has 6 nitrogen and oxygen atoms in total. The lowest BCUT2D eigenvalue weighted by Gasteiger charge is -2.14. The first-order valence-corrected chi connectivity index (χ1v) is 8.77. The van der Waals surface area contributed by atoms with Crippen molar-refractivity contribution < 1.29 is 22.7 Å². The number of carbonyl (C=O) groups is 1. The van der Waals surface area contributed by atoms with Gasteiger partial charge in [0, 0.05) is 36.3 Å². The van der Waals surface area contributed by atoms with Crippen LogP contribution >= 0.6 is 22.0 Å². The van der Waals surface area contributed by atoms with Gasteiger partial charge in [-0.1, -0.05) is 0 Å². The second-order valence-corrected chi connectivity index (χ2v) is 7.78. The Morgan fingerprint density at radius 3 is 2.60 bits per heavy atom. The summed E-state index contributed by atoms with van der Waals surface area (Å²) in [4.78, 5) is 12.7. The number of carbonyl (C=O) groups excluding carboxylic acids is 1. The van der Waals surface area contributed by atoms with E-state index in [0.717, 1.165) is 11.3 Å². The van der Waals surface area contributed by atoms with Crippen LogP contribution in [0.2, 0.25) is 0 Å². The normalized spacial score (nSPS) is 13.2. The van der Waals surface area contributed by atoms with E-state index in [1.165, 1.54) is 20.3 Å². The molecule has 0 bridgehead atoms. The third-order valence-electron chi connectivity index (χ3n) is 2.53. The van der Waals surface area contributed by atoms with Crippen LogP contribution in [0, 0.1) is 6.92 Å². The summed E-state index contributed by atoms with van der Waals surface area (Å²) in [6, 6.07) is 1.27. The van der Waals surface area contributed by atoms with Crippen LogP contribution in [-0.4, -0.2) is 47.8 Å². The van der Waals surface area contributed by atoms with E-state index in [4.69, 9.17) is 20.2 Å². The molecule has 1 N–H and O–H groups in total. The summed E-state index contributed by atoms with van der Waals surface area (Å²) in [6.07, 6.45) is -0.263. The van der Waals surface area contributed by atoms with E-state index in [-0.39, 0.29) is 28.3 Å². The lowest BCUT2D eigenvalue weighted by atomic mass is 10.3. The highest BCUT2D eigenvalue weighted by Gasteiger charge is 2.20. The molecule has 0 radical (unpaired) electrons. The lowest BCUT2D eigenvalue weighted by Crippen LogP contribution is -2.35. The Morgan fingerprint density at radius 1 is 1.50 bits per heavy atom. The van der Waals surface area contributed by atoms with Crippen molar-refractivity contribution in [1.29, 1.82) is 0 Å². The molecule has 9 heteroatoms. The monoisotopic (exact) mass is 341 g/mol. The number of ether oxygens (including phenoxy) is 2. The number of rotatable bonds is 7. The van der Waals surface area contributed by atoms with Gasteiger partial charge in [0.1, 0.15) is 0 Å². The Morgan fingerprint density at radius 2 is 2.15 bits per heavy atom. The molecule has 0 saturated heterocycles. The molecular weight excluding hydrogens is 326 g/mol. The molecular formula is C11H16ClNO5S2. The molecule has 1 aromatic heterocycles. The van der Waals surface area contributed by atoms with Gasteiger partial charge in [0.15, 0.2) is 0 Å². The minimum atomic E-state index is -3.83. The van der Waals surface area contributed by atoms with Crippen LogP contribution in [0.1, 0.15) is 14.5 Å². The smallest absolute Gasteiger partial charge is 0.262 e. The van der Waals surface area contributed by atoms with Crippen molar-refractivity contribution in [3.8, 4) is 0 Å². The predicted molar refractivity (Wildman–Crippen MR) is 77.1 cm³/mol. The van der Waals surface area contributed by atoms with Gasteiger partial charge in [0.25, 0.3) is 15.0 Å².